The molecule has 654 valence electrons. The van der Waals surface area contributed by atoms with E-state index >= 15 is 0 Å². The minimum atomic E-state index is -0.368. The summed E-state index contributed by atoms with van der Waals surface area (Å²) in [4.78, 5) is 74.7. The first-order valence-electron chi connectivity index (χ1n) is 46.1. The van der Waals surface area contributed by atoms with Gasteiger partial charge in [0.15, 0.2) is 0 Å². The highest BCUT2D eigenvalue weighted by Crippen LogP contribution is 2.56. The van der Waals surface area contributed by atoms with Crippen LogP contribution in [-0.2, 0) is 57.2 Å². The van der Waals surface area contributed by atoms with Gasteiger partial charge in [-0.1, -0.05) is 185 Å². The van der Waals surface area contributed by atoms with E-state index in [1.807, 2.05) is 104 Å². The van der Waals surface area contributed by atoms with Crippen molar-refractivity contribution in [2.24, 2.45) is 65.0 Å². The Morgan fingerprint density at radius 1 is 0.189 bits per heavy atom. The largest absolute Gasteiger partial charge is 0.458 e. The molecular formula is C99H186O12. The molecule has 0 saturated heterocycles. The number of carbonyl (C=O) groups excluding carboxylic acids is 6. The van der Waals surface area contributed by atoms with E-state index in [-0.39, 0.29) is 134 Å². The molecule has 0 radical (unpaired) electrons. The number of esters is 6. The van der Waals surface area contributed by atoms with Gasteiger partial charge in [0, 0.05) is 32.5 Å². The quantitative estimate of drug-likeness (QED) is 0.0540. The first-order chi connectivity index (χ1) is 50.7. The van der Waals surface area contributed by atoms with Gasteiger partial charge in [0.05, 0.1) is 32.5 Å². The normalized spacial score (nSPS) is 20.0. The van der Waals surface area contributed by atoms with Crippen LogP contribution in [0.25, 0.3) is 0 Å². The fourth-order valence-electron chi connectivity index (χ4n) is 16.9. The Hall–Kier alpha value is -3.18. The second kappa shape index (κ2) is 42.5. The van der Waals surface area contributed by atoms with Crippen LogP contribution in [0, 0.1) is 65.0 Å². The Morgan fingerprint density at radius 2 is 0.324 bits per heavy atom. The molecule has 0 N–H and O–H groups in total. The molecule has 6 fully saturated rings. The maximum atomic E-state index is 12.6. The smallest absolute Gasteiger partial charge is 0.312 e. The zero-order valence-electron chi connectivity index (χ0n) is 80.5. The van der Waals surface area contributed by atoms with Crippen LogP contribution in [0.1, 0.15) is 500 Å². The minimum absolute atomic E-state index is 0.00461. The van der Waals surface area contributed by atoms with Crippen molar-refractivity contribution in [3.8, 4) is 0 Å². The van der Waals surface area contributed by atoms with Crippen LogP contribution in [0.2, 0.25) is 0 Å². The van der Waals surface area contributed by atoms with Crippen molar-refractivity contribution < 1.29 is 57.2 Å². The second-order valence-corrected chi connectivity index (χ2v) is 43.5. The average Bonchev–Trinajstić information content (AvgIpc) is 1.59. The first kappa shape index (κ1) is 106. The molecule has 0 unspecified atom stereocenters. The van der Waals surface area contributed by atoms with E-state index in [2.05, 4.69) is 145 Å². The summed E-state index contributed by atoms with van der Waals surface area (Å²) in [5.41, 5.74) is -3.21. The average molecular weight is 1570 g/mol. The molecule has 0 aromatic heterocycles. The molecule has 0 atom stereocenters. The van der Waals surface area contributed by atoms with Gasteiger partial charge in [-0.05, 0) is 314 Å². The molecule has 12 heteroatoms. The highest BCUT2D eigenvalue weighted by Gasteiger charge is 2.56. The third-order valence-corrected chi connectivity index (χ3v) is 31.9. The highest BCUT2D eigenvalue weighted by molar-refractivity contribution is 5.79. The maximum absolute atomic E-state index is 12.6. The van der Waals surface area contributed by atoms with E-state index in [1.165, 1.54) is 96.3 Å². The summed E-state index contributed by atoms with van der Waals surface area (Å²) in [5.74, 6) is -0.106. The molecule has 0 amide bonds. The lowest BCUT2D eigenvalue weighted by molar-refractivity contribution is -0.195. The molecule has 0 spiro atoms. The van der Waals surface area contributed by atoms with Crippen molar-refractivity contribution in [3.05, 3.63) is 0 Å². The molecule has 6 aliphatic rings. The molecule has 111 heavy (non-hydrogen) atoms. The third kappa shape index (κ3) is 26.7. The van der Waals surface area contributed by atoms with E-state index < -0.39 is 0 Å². The lowest BCUT2D eigenvalue weighted by Gasteiger charge is -2.50. The number of rotatable bonds is 28. The summed E-state index contributed by atoms with van der Waals surface area (Å²) in [6, 6.07) is 0. The lowest BCUT2D eigenvalue weighted by atomic mass is 9.63. The molecule has 0 aliphatic heterocycles. The fourth-order valence-corrected chi connectivity index (χ4v) is 16.9. The van der Waals surface area contributed by atoms with E-state index in [9.17, 15) is 28.8 Å². The van der Waals surface area contributed by atoms with Crippen LogP contribution in [-0.4, -0.2) is 69.4 Å². The van der Waals surface area contributed by atoms with Gasteiger partial charge < -0.3 is 28.4 Å². The summed E-state index contributed by atoms with van der Waals surface area (Å²) in [5, 5.41) is 0. The van der Waals surface area contributed by atoms with Crippen LogP contribution in [0.5, 0.6) is 0 Å². The summed E-state index contributed by atoms with van der Waals surface area (Å²) >= 11 is 0. The second-order valence-electron chi connectivity index (χ2n) is 43.5. The fraction of sp³-hybridized carbons (Fsp3) is 0.939. The predicted octanol–water partition coefficient (Wildman–Crippen LogP) is 29.5. The molecule has 0 bridgehead atoms. The van der Waals surface area contributed by atoms with E-state index in [4.69, 9.17) is 28.4 Å². The van der Waals surface area contributed by atoms with Crippen molar-refractivity contribution in [2.45, 2.75) is 533 Å². The topological polar surface area (TPSA) is 158 Å². The Morgan fingerprint density at radius 3 is 0.468 bits per heavy atom. The highest BCUT2D eigenvalue weighted by atomic mass is 16.6. The molecular weight excluding hydrogens is 1380 g/mol. The zero-order valence-corrected chi connectivity index (χ0v) is 80.5. The van der Waals surface area contributed by atoms with E-state index in [1.54, 1.807) is 0 Å². The molecule has 0 aromatic rings. The SMILES string of the molecule is CCC(C)(C)C(=O)OC1(C(C)(C)C)CCCC1.CCC(C)(C)C(=O)OC1(C(C)(C)C)CCCCC1.CCC(C)(C)C(=O)OC1(C(C)(C)CC)CCCC1.CCC(C)(C)C(=O)OC1(C(C)(C)CC)CCCCC1.CCC(C)(C)C(=O)OC1(C(C)(CC)CC)CCCC1.CCC(C)(C)C(=O)OC1(C(C)(CC)CC)CCCCC1. The van der Waals surface area contributed by atoms with Gasteiger partial charge >= 0.3 is 35.8 Å². The van der Waals surface area contributed by atoms with Crippen LogP contribution in [0.15, 0.2) is 0 Å². The van der Waals surface area contributed by atoms with Crippen LogP contribution in [0.4, 0.5) is 0 Å². The number of carbonyl (C=O) groups is 6. The number of ether oxygens (including phenoxy) is 6. The molecule has 6 rings (SSSR count). The van der Waals surface area contributed by atoms with Gasteiger partial charge in [0.1, 0.15) is 33.6 Å². The van der Waals surface area contributed by atoms with Crippen molar-refractivity contribution in [1.29, 1.82) is 0 Å². The van der Waals surface area contributed by atoms with Gasteiger partial charge in [0.25, 0.3) is 0 Å². The van der Waals surface area contributed by atoms with Gasteiger partial charge in [0.2, 0.25) is 0 Å². The van der Waals surface area contributed by atoms with Crippen LogP contribution < -0.4 is 0 Å². The van der Waals surface area contributed by atoms with E-state index in [0.717, 1.165) is 154 Å². The minimum Gasteiger partial charge on any atom is -0.458 e. The number of hydrogen-bond donors (Lipinski definition) is 0. The van der Waals surface area contributed by atoms with Gasteiger partial charge in [-0.3, -0.25) is 28.8 Å². The third-order valence-electron chi connectivity index (χ3n) is 31.9. The summed E-state index contributed by atoms with van der Waals surface area (Å²) in [6.45, 7) is 76.2. The predicted molar refractivity (Wildman–Crippen MR) is 466 cm³/mol. The van der Waals surface area contributed by atoms with Gasteiger partial charge in [-0.15, -0.1) is 0 Å². The van der Waals surface area contributed by atoms with Crippen LogP contribution >= 0.6 is 0 Å². The molecule has 12 nitrogen and oxygen atoms in total. The molecule has 6 saturated carbocycles. The van der Waals surface area contributed by atoms with Gasteiger partial charge in [-0.25, -0.2) is 0 Å². The Bertz CT molecular complexity index is 2720. The van der Waals surface area contributed by atoms with Crippen molar-refractivity contribution >= 4 is 35.8 Å². The monoisotopic (exact) mass is 1570 g/mol. The van der Waals surface area contributed by atoms with Crippen LogP contribution in [0.3, 0.4) is 0 Å². The lowest BCUT2D eigenvalue weighted by Crippen LogP contribution is -2.52. The molecule has 6 aliphatic carbocycles. The number of hydrogen-bond acceptors (Lipinski definition) is 12. The summed E-state index contributed by atoms with van der Waals surface area (Å²) < 4.78 is 36.7. The van der Waals surface area contributed by atoms with Gasteiger partial charge in [-0.2, -0.15) is 0 Å². The van der Waals surface area contributed by atoms with Crippen molar-refractivity contribution in [3.63, 3.8) is 0 Å². The summed E-state index contributed by atoms with van der Waals surface area (Å²) in [6.07, 6.45) is 41.7. The maximum Gasteiger partial charge on any atom is 0.312 e. The Labute approximate surface area is 687 Å². The molecule has 0 aromatic carbocycles. The Balaban J connectivity index is 0.000000666. The first-order valence-corrected chi connectivity index (χ1v) is 46.1. The Kier molecular flexibility index (Phi) is 40.5. The zero-order chi connectivity index (χ0) is 86.3. The van der Waals surface area contributed by atoms with E-state index in [0.29, 0.717) is 0 Å². The van der Waals surface area contributed by atoms with Crippen molar-refractivity contribution in [2.75, 3.05) is 0 Å². The molecule has 0 heterocycles. The summed E-state index contributed by atoms with van der Waals surface area (Å²) in [7, 11) is 0. The van der Waals surface area contributed by atoms with Crippen molar-refractivity contribution in [1.82, 2.24) is 0 Å². The standard InChI is InChI=1S/C18H34O2.2C17H32O2.2C16H30O2.C15H28O2/c1-7-16(4,5)15(19)20-18(13-11-10-12-14-18)17(6,8-2)9-3;1-7-15(3,4)14(18)19-17(16(5,6)8-2)12-10-9-11-13-17;1-7-15(4,5)14(18)19-17(12-10-11-13-17)16(6,8-2)9-3;1-7-15(5,6)13(17)18-16(14(2,3)4)11-9-8-10-12-16;1-7-14(3,4)13(17)18-16(11-9-10-12-16)15(5,6)8-2;1-7-14(5,6)12(16)17-15(13(2,3)4)10-8-9-11-15/h7-14H2,1-6H3;2*7-13H2,1-6H3;2*7-12H2,1-6H3;7-11H2,1-6H3.